The van der Waals surface area contributed by atoms with Gasteiger partial charge in [-0.05, 0) is 128 Å². The van der Waals surface area contributed by atoms with Crippen molar-refractivity contribution in [2.45, 2.75) is 70.5 Å². The highest BCUT2D eigenvalue weighted by Gasteiger charge is 2.48. The third-order valence-electron chi connectivity index (χ3n) is 11.3. The first-order valence-electron chi connectivity index (χ1n) is 20.2. The minimum atomic E-state index is -6.05. The molecule has 10 nitrogen and oxygen atoms in total. The van der Waals surface area contributed by atoms with Crippen LogP contribution < -0.4 is 20.3 Å². The Morgan fingerprint density at radius 2 is 1.55 bits per heavy atom. The standard InChI is InChI=1S/C45H46ClF3N4O6S3/c46-33-16-12-30(13-17-33)39-10-4-5-11-40(39)43(54)31-22-25-53(26-23-31)36-18-14-32(15-19-36)44(55)52-62(58,59)38-20-21-41(42(28-38)61(56,57)45(47,48)49)51-35(27-34-7-6-24-50-34)29-60-37-8-2-1-3-9-37/h1-5,8-21,28,31,34-35,43,50-51,54H,6-7,22-27,29H2,(H,52,55)/t34-,35-,43-/m1/s1. The summed E-state index contributed by atoms with van der Waals surface area (Å²) in [6.45, 7) is 2.01. The summed E-state index contributed by atoms with van der Waals surface area (Å²) in [6, 6.07) is 32.7. The van der Waals surface area contributed by atoms with E-state index in [1.54, 1.807) is 12.1 Å². The van der Waals surface area contributed by atoms with E-state index in [0.717, 1.165) is 58.8 Å². The molecule has 0 aliphatic carbocycles. The molecule has 5 aromatic carbocycles. The van der Waals surface area contributed by atoms with Crippen molar-refractivity contribution < 1.29 is 39.9 Å². The topological polar surface area (TPSA) is 145 Å². The SMILES string of the molecule is O=C(NS(=O)(=O)c1ccc(N[C@@H](CSc2ccccc2)C[C@H]2CCCN2)c(S(=O)(=O)C(F)(F)F)c1)c1ccc(N2CCC([C@@H](O)c3ccccc3-c3ccc(Cl)cc3)CC2)cc1. The van der Waals surface area contributed by atoms with Gasteiger partial charge in [0.1, 0.15) is 4.90 Å². The third kappa shape index (κ3) is 10.8. The number of halogens is 4. The average Bonchev–Trinajstić information content (AvgIpc) is 3.79. The summed E-state index contributed by atoms with van der Waals surface area (Å²) in [6.07, 6.45) is 2.91. The number of hydrogen-bond acceptors (Lipinski definition) is 10. The maximum atomic E-state index is 14.1. The van der Waals surface area contributed by atoms with Crippen molar-refractivity contribution in [3.8, 4) is 11.1 Å². The summed E-state index contributed by atoms with van der Waals surface area (Å²) in [7, 11) is -10.9. The fourth-order valence-corrected chi connectivity index (χ4v) is 11.1. The van der Waals surface area contributed by atoms with Gasteiger partial charge >= 0.3 is 5.51 Å². The fourth-order valence-electron chi connectivity index (χ4n) is 7.98. The molecule has 0 bridgehead atoms. The number of amides is 1. The molecule has 328 valence electrons. The Balaban J connectivity index is 1.02. The predicted octanol–water partition coefficient (Wildman–Crippen LogP) is 9.08. The van der Waals surface area contributed by atoms with Crippen LogP contribution in [-0.2, 0) is 19.9 Å². The van der Waals surface area contributed by atoms with Crippen LogP contribution in [0.3, 0.4) is 0 Å². The first-order valence-corrected chi connectivity index (χ1v) is 24.5. The predicted molar refractivity (Wildman–Crippen MR) is 238 cm³/mol. The van der Waals surface area contributed by atoms with E-state index in [1.165, 1.54) is 23.9 Å². The molecule has 3 atom stereocenters. The van der Waals surface area contributed by atoms with Crippen LogP contribution >= 0.6 is 23.4 Å². The summed E-state index contributed by atoms with van der Waals surface area (Å²) < 4.78 is 97.2. The van der Waals surface area contributed by atoms with Gasteiger partial charge in [-0.3, -0.25) is 4.79 Å². The van der Waals surface area contributed by atoms with Crippen molar-refractivity contribution in [3.63, 3.8) is 0 Å². The highest BCUT2D eigenvalue weighted by molar-refractivity contribution is 7.99. The van der Waals surface area contributed by atoms with Gasteiger partial charge in [-0.25, -0.2) is 21.6 Å². The van der Waals surface area contributed by atoms with Crippen molar-refractivity contribution >= 4 is 60.5 Å². The number of alkyl halides is 3. The number of benzene rings is 5. The maximum absolute atomic E-state index is 14.1. The number of anilines is 2. The lowest BCUT2D eigenvalue weighted by Gasteiger charge is -2.36. The first-order chi connectivity index (χ1) is 29.6. The lowest BCUT2D eigenvalue weighted by Crippen LogP contribution is -2.36. The zero-order valence-electron chi connectivity index (χ0n) is 33.4. The zero-order chi connectivity index (χ0) is 44.1. The Morgan fingerprint density at radius 1 is 0.871 bits per heavy atom. The number of aliphatic hydroxyl groups excluding tert-OH is 1. The van der Waals surface area contributed by atoms with Gasteiger partial charge in [-0.15, -0.1) is 11.8 Å². The Kier molecular flexibility index (Phi) is 14.2. The maximum Gasteiger partial charge on any atom is 0.501 e. The van der Waals surface area contributed by atoms with Crippen LogP contribution in [0.1, 0.15) is 54.1 Å². The number of hydrogen-bond donors (Lipinski definition) is 4. The monoisotopic (exact) mass is 926 g/mol. The Labute approximate surface area is 369 Å². The second-order valence-electron chi connectivity index (χ2n) is 15.4. The van der Waals surface area contributed by atoms with Crippen LogP contribution in [0, 0.1) is 5.92 Å². The normalized spacial score (nSPS) is 17.4. The van der Waals surface area contributed by atoms with Crippen LogP contribution in [0.2, 0.25) is 5.02 Å². The van der Waals surface area contributed by atoms with Gasteiger partial charge in [-0.1, -0.05) is 66.2 Å². The molecule has 0 radical (unpaired) electrons. The number of nitrogens with one attached hydrogen (secondary N) is 3. The quantitative estimate of drug-likeness (QED) is 0.0751. The van der Waals surface area contributed by atoms with E-state index in [9.17, 15) is 39.9 Å². The fraction of sp³-hybridized carbons (Fsp3) is 0.311. The lowest BCUT2D eigenvalue weighted by molar-refractivity contribution is -0.0435. The van der Waals surface area contributed by atoms with Crippen LogP contribution in [0.4, 0.5) is 24.5 Å². The number of carbonyl (C=O) groups is 1. The molecule has 0 aromatic heterocycles. The largest absolute Gasteiger partial charge is 0.501 e. The van der Waals surface area contributed by atoms with Crippen molar-refractivity contribution in [3.05, 3.63) is 137 Å². The minimum Gasteiger partial charge on any atom is -0.388 e. The van der Waals surface area contributed by atoms with E-state index in [1.807, 2.05) is 83.6 Å². The molecule has 2 heterocycles. The Bertz CT molecular complexity index is 2550. The van der Waals surface area contributed by atoms with Crippen LogP contribution in [-0.4, -0.2) is 70.8 Å². The summed E-state index contributed by atoms with van der Waals surface area (Å²) in [4.78, 5) is 14.2. The van der Waals surface area contributed by atoms with Gasteiger partial charge < -0.3 is 20.6 Å². The number of nitrogens with zero attached hydrogens (tertiary/aromatic N) is 1. The molecule has 7 rings (SSSR count). The third-order valence-corrected chi connectivity index (χ3v) is 15.6. The van der Waals surface area contributed by atoms with Crippen molar-refractivity contribution in [2.75, 3.05) is 35.6 Å². The number of rotatable bonds is 15. The van der Waals surface area contributed by atoms with Gasteiger partial charge in [-0.2, -0.15) is 13.2 Å². The van der Waals surface area contributed by atoms with Gasteiger partial charge in [0.15, 0.2) is 0 Å². The number of piperidine rings is 1. The Morgan fingerprint density at radius 3 is 2.21 bits per heavy atom. The van der Waals surface area contributed by atoms with Crippen LogP contribution in [0.5, 0.6) is 0 Å². The Hall–Kier alpha value is -4.58. The minimum absolute atomic E-state index is 0.0132. The van der Waals surface area contributed by atoms with Crippen LogP contribution in [0.25, 0.3) is 11.1 Å². The van der Waals surface area contributed by atoms with E-state index >= 15 is 0 Å². The summed E-state index contributed by atoms with van der Waals surface area (Å²) in [5.41, 5.74) is -2.69. The van der Waals surface area contributed by atoms with Gasteiger partial charge in [0, 0.05) is 52.1 Å². The second kappa shape index (κ2) is 19.4. The molecular weight excluding hydrogens is 881 g/mol. The summed E-state index contributed by atoms with van der Waals surface area (Å²) >= 11 is 7.55. The molecule has 2 saturated heterocycles. The molecule has 4 N–H and O–H groups in total. The summed E-state index contributed by atoms with van der Waals surface area (Å²) in [5.74, 6) is -0.687. The van der Waals surface area contributed by atoms with E-state index in [2.05, 4.69) is 15.5 Å². The van der Waals surface area contributed by atoms with E-state index in [-0.39, 0.29) is 17.5 Å². The molecule has 5 aromatic rings. The van der Waals surface area contributed by atoms with Crippen molar-refractivity contribution in [1.82, 2.24) is 10.0 Å². The van der Waals surface area contributed by atoms with E-state index in [0.29, 0.717) is 49.2 Å². The molecule has 2 aliphatic heterocycles. The van der Waals surface area contributed by atoms with E-state index < -0.39 is 58.9 Å². The molecule has 17 heteroatoms. The van der Waals surface area contributed by atoms with Gasteiger partial charge in [0.05, 0.1) is 16.7 Å². The number of carbonyl (C=O) groups excluding carboxylic acids is 1. The molecule has 1 amide bonds. The molecule has 62 heavy (non-hydrogen) atoms. The molecule has 2 aliphatic rings. The second-order valence-corrected chi connectivity index (χ2v) is 20.6. The summed E-state index contributed by atoms with van der Waals surface area (Å²) in [5, 5.41) is 18.5. The zero-order valence-corrected chi connectivity index (χ0v) is 36.6. The smallest absolute Gasteiger partial charge is 0.388 e. The number of aliphatic hydroxyl groups is 1. The number of sulfone groups is 1. The first kappa shape index (κ1) is 45.4. The molecular formula is C45H46ClF3N4O6S3. The number of sulfonamides is 1. The van der Waals surface area contributed by atoms with E-state index in [4.69, 9.17) is 11.6 Å². The molecule has 2 fully saturated rings. The lowest BCUT2D eigenvalue weighted by atomic mass is 9.84. The molecule has 0 saturated carbocycles. The van der Waals surface area contributed by atoms with Crippen LogP contribution in [0.15, 0.2) is 136 Å². The highest BCUT2D eigenvalue weighted by atomic mass is 35.5. The highest BCUT2D eigenvalue weighted by Crippen LogP contribution is 2.39. The van der Waals surface area contributed by atoms with Gasteiger partial charge in [0.25, 0.3) is 25.8 Å². The van der Waals surface area contributed by atoms with Gasteiger partial charge in [0.2, 0.25) is 0 Å². The number of thioether (sulfide) groups is 1. The molecule has 0 unspecified atom stereocenters. The average molecular weight is 928 g/mol. The molecule has 0 spiro atoms. The van der Waals surface area contributed by atoms with Crippen molar-refractivity contribution in [1.29, 1.82) is 0 Å². The van der Waals surface area contributed by atoms with Crippen molar-refractivity contribution in [2.24, 2.45) is 5.92 Å².